The summed E-state index contributed by atoms with van der Waals surface area (Å²) in [5, 5.41) is 14.2. The van der Waals surface area contributed by atoms with Crippen molar-refractivity contribution in [2.45, 2.75) is 18.9 Å². The highest BCUT2D eigenvalue weighted by Gasteiger charge is 2.19. The van der Waals surface area contributed by atoms with Crippen LogP contribution in [-0.2, 0) is 16.0 Å². The summed E-state index contributed by atoms with van der Waals surface area (Å²) in [7, 11) is 0. The number of nitrogens with one attached hydrogen (secondary N) is 1. The van der Waals surface area contributed by atoms with Crippen LogP contribution in [0.2, 0.25) is 5.02 Å². The molecule has 6 heteroatoms. The van der Waals surface area contributed by atoms with Gasteiger partial charge in [0.15, 0.2) is 0 Å². The van der Waals surface area contributed by atoms with E-state index in [0.717, 1.165) is 10.4 Å². The van der Waals surface area contributed by atoms with E-state index >= 15 is 0 Å². The molecule has 1 aromatic heterocycles. The normalized spacial score (nSPS) is 11.9. The zero-order valence-corrected chi connectivity index (χ0v) is 12.7. The average molecular weight is 324 g/mol. The second-order valence-corrected chi connectivity index (χ2v) is 5.95. The molecule has 1 heterocycles. The molecule has 0 aliphatic carbocycles. The van der Waals surface area contributed by atoms with Crippen molar-refractivity contribution in [1.29, 1.82) is 0 Å². The molecule has 1 atom stereocenters. The largest absolute Gasteiger partial charge is 0.481 e. The third kappa shape index (κ3) is 4.88. The number of benzene rings is 1. The fourth-order valence-electron chi connectivity index (χ4n) is 1.92. The van der Waals surface area contributed by atoms with Crippen LogP contribution in [0, 0.1) is 0 Å². The minimum Gasteiger partial charge on any atom is -0.481 e. The average Bonchev–Trinajstić information content (AvgIpc) is 2.94. The van der Waals surface area contributed by atoms with Gasteiger partial charge in [0.2, 0.25) is 5.91 Å². The summed E-state index contributed by atoms with van der Waals surface area (Å²) in [6.45, 7) is 0. The fraction of sp³-hybridized carbons (Fsp3) is 0.200. The van der Waals surface area contributed by atoms with Crippen LogP contribution in [-0.4, -0.2) is 17.0 Å². The molecule has 2 N–H and O–H groups in total. The predicted molar refractivity (Wildman–Crippen MR) is 82.6 cm³/mol. The Balaban J connectivity index is 2.01. The molecule has 110 valence electrons. The summed E-state index contributed by atoms with van der Waals surface area (Å²) in [6.07, 6.45) is 0.0610. The summed E-state index contributed by atoms with van der Waals surface area (Å²) < 4.78 is 0. The maximum atomic E-state index is 12.1. The SMILES string of the molecule is O=C(O)CC(NC(=O)Cc1ccc(Cl)cc1)c1cccs1. The van der Waals surface area contributed by atoms with Crippen molar-refractivity contribution in [1.82, 2.24) is 5.32 Å². The number of hydrogen-bond acceptors (Lipinski definition) is 3. The van der Waals surface area contributed by atoms with Gasteiger partial charge < -0.3 is 10.4 Å². The minimum atomic E-state index is -0.944. The van der Waals surface area contributed by atoms with Gasteiger partial charge in [-0.3, -0.25) is 9.59 Å². The van der Waals surface area contributed by atoms with Crippen LogP contribution in [0.3, 0.4) is 0 Å². The van der Waals surface area contributed by atoms with Gasteiger partial charge in [0.05, 0.1) is 18.9 Å². The van der Waals surface area contributed by atoms with Gasteiger partial charge >= 0.3 is 5.97 Å². The zero-order valence-electron chi connectivity index (χ0n) is 11.1. The maximum Gasteiger partial charge on any atom is 0.305 e. The van der Waals surface area contributed by atoms with E-state index in [1.807, 2.05) is 17.5 Å². The lowest BCUT2D eigenvalue weighted by atomic mass is 10.1. The van der Waals surface area contributed by atoms with Gasteiger partial charge in [-0.05, 0) is 29.1 Å². The third-order valence-electron chi connectivity index (χ3n) is 2.88. The molecule has 0 fully saturated rings. The number of amides is 1. The first-order valence-corrected chi connectivity index (χ1v) is 7.59. The molecule has 1 aromatic carbocycles. The van der Waals surface area contributed by atoms with Crippen molar-refractivity contribution in [3.63, 3.8) is 0 Å². The number of aliphatic carboxylic acids is 1. The summed E-state index contributed by atoms with van der Waals surface area (Å²) in [5.41, 5.74) is 0.831. The number of carbonyl (C=O) groups is 2. The van der Waals surface area contributed by atoms with E-state index in [4.69, 9.17) is 16.7 Å². The summed E-state index contributed by atoms with van der Waals surface area (Å²) in [6, 6.07) is 10.2. The molecule has 21 heavy (non-hydrogen) atoms. The van der Waals surface area contributed by atoms with Gasteiger partial charge in [-0.1, -0.05) is 29.8 Å². The molecular weight excluding hydrogens is 310 g/mol. The Labute approximate surface area is 131 Å². The summed E-state index contributed by atoms with van der Waals surface area (Å²) in [4.78, 5) is 23.8. The molecule has 0 spiro atoms. The monoisotopic (exact) mass is 323 g/mol. The Morgan fingerprint density at radius 3 is 2.52 bits per heavy atom. The lowest BCUT2D eigenvalue weighted by molar-refractivity contribution is -0.137. The van der Waals surface area contributed by atoms with Crippen LogP contribution in [0.15, 0.2) is 41.8 Å². The van der Waals surface area contributed by atoms with Crippen LogP contribution in [0.5, 0.6) is 0 Å². The number of thiophene rings is 1. The van der Waals surface area contributed by atoms with Crippen molar-refractivity contribution in [2.24, 2.45) is 0 Å². The molecule has 2 aromatic rings. The fourth-order valence-corrected chi connectivity index (χ4v) is 2.82. The molecule has 0 aliphatic heterocycles. The van der Waals surface area contributed by atoms with Crippen LogP contribution < -0.4 is 5.32 Å². The highest BCUT2D eigenvalue weighted by molar-refractivity contribution is 7.10. The molecule has 1 unspecified atom stereocenters. The second kappa shape index (κ2) is 7.24. The van der Waals surface area contributed by atoms with Crippen LogP contribution in [0.25, 0.3) is 0 Å². The van der Waals surface area contributed by atoms with E-state index < -0.39 is 12.0 Å². The van der Waals surface area contributed by atoms with Gasteiger partial charge in [-0.2, -0.15) is 0 Å². The van der Waals surface area contributed by atoms with E-state index in [0.29, 0.717) is 5.02 Å². The Morgan fingerprint density at radius 2 is 1.95 bits per heavy atom. The molecule has 0 saturated carbocycles. The van der Waals surface area contributed by atoms with Gasteiger partial charge in [0.1, 0.15) is 0 Å². The number of rotatable bonds is 6. The van der Waals surface area contributed by atoms with Crippen LogP contribution in [0.1, 0.15) is 22.9 Å². The third-order valence-corrected chi connectivity index (χ3v) is 4.12. The number of carboxylic acid groups (broad SMARTS) is 1. The Hall–Kier alpha value is -1.85. The van der Waals surface area contributed by atoms with E-state index in [9.17, 15) is 9.59 Å². The van der Waals surface area contributed by atoms with Crippen molar-refractivity contribution < 1.29 is 14.7 Å². The van der Waals surface area contributed by atoms with E-state index in [-0.39, 0.29) is 18.7 Å². The van der Waals surface area contributed by atoms with Gasteiger partial charge in [-0.25, -0.2) is 0 Å². The topological polar surface area (TPSA) is 66.4 Å². The van der Waals surface area contributed by atoms with E-state index in [1.54, 1.807) is 24.3 Å². The minimum absolute atomic E-state index is 0.132. The van der Waals surface area contributed by atoms with E-state index in [2.05, 4.69) is 5.32 Å². The van der Waals surface area contributed by atoms with Gasteiger partial charge in [0.25, 0.3) is 0 Å². The van der Waals surface area contributed by atoms with Crippen molar-refractivity contribution in [2.75, 3.05) is 0 Å². The standard InChI is InChI=1S/C15H14ClNO3S/c16-11-5-3-10(4-6-11)8-14(18)17-12(9-15(19)20)13-2-1-7-21-13/h1-7,12H,8-9H2,(H,17,18)(H,19,20). The Kier molecular flexibility index (Phi) is 5.36. The molecule has 0 bridgehead atoms. The van der Waals surface area contributed by atoms with Crippen LogP contribution >= 0.6 is 22.9 Å². The lowest BCUT2D eigenvalue weighted by Crippen LogP contribution is -2.30. The lowest BCUT2D eigenvalue weighted by Gasteiger charge is -2.15. The second-order valence-electron chi connectivity index (χ2n) is 4.54. The van der Waals surface area contributed by atoms with Crippen molar-refractivity contribution in [3.05, 3.63) is 57.2 Å². The molecule has 0 radical (unpaired) electrons. The number of hydrogen-bond donors (Lipinski definition) is 2. The molecule has 1 amide bonds. The molecule has 4 nitrogen and oxygen atoms in total. The Bertz CT molecular complexity index is 610. The van der Waals surface area contributed by atoms with Crippen LogP contribution in [0.4, 0.5) is 0 Å². The van der Waals surface area contributed by atoms with Crippen molar-refractivity contribution in [3.8, 4) is 0 Å². The quantitative estimate of drug-likeness (QED) is 0.857. The first-order valence-electron chi connectivity index (χ1n) is 6.33. The first kappa shape index (κ1) is 15.5. The smallest absolute Gasteiger partial charge is 0.305 e. The van der Waals surface area contributed by atoms with Gasteiger partial charge in [-0.15, -0.1) is 11.3 Å². The molecule has 0 saturated heterocycles. The molecule has 2 rings (SSSR count). The van der Waals surface area contributed by atoms with Crippen molar-refractivity contribution >= 4 is 34.8 Å². The molecule has 0 aliphatic rings. The van der Waals surface area contributed by atoms with E-state index in [1.165, 1.54) is 11.3 Å². The highest BCUT2D eigenvalue weighted by Crippen LogP contribution is 2.22. The predicted octanol–water partition coefficient (Wildman–Crippen LogP) is 3.28. The number of halogens is 1. The number of carbonyl (C=O) groups excluding carboxylic acids is 1. The molecular formula is C15H14ClNO3S. The Morgan fingerprint density at radius 1 is 1.24 bits per heavy atom. The highest BCUT2D eigenvalue weighted by atomic mass is 35.5. The number of carboxylic acids is 1. The van der Waals surface area contributed by atoms with Gasteiger partial charge in [0, 0.05) is 9.90 Å². The zero-order chi connectivity index (χ0) is 15.2. The first-order chi connectivity index (χ1) is 10.0. The maximum absolute atomic E-state index is 12.1. The summed E-state index contributed by atoms with van der Waals surface area (Å²) >= 11 is 7.22. The summed E-state index contributed by atoms with van der Waals surface area (Å²) in [5.74, 6) is -1.16.